The Morgan fingerprint density at radius 2 is 0.667 bits per heavy atom. The number of hydrogen-bond donors (Lipinski definition) is 0. The molecule has 0 aliphatic carbocycles. The summed E-state index contributed by atoms with van der Waals surface area (Å²) in [5.41, 5.74) is 0. The second-order valence-corrected chi connectivity index (χ2v) is 0. The van der Waals surface area contributed by atoms with Crippen molar-refractivity contribution >= 4 is 49.6 Å². The summed E-state index contributed by atoms with van der Waals surface area (Å²) in [5.74, 6) is 0. The third kappa shape index (κ3) is 25.8. The zero-order valence-electron chi connectivity index (χ0n) is 4.13. The van der Waals surface area contributed by atoms with E-state index in [0.717, 1.165) is 0 Å². The Hall–Kier alpha value is 3.51. The molecule has 0 unspecified atom stereocenters. The standard InChI is InChI=1S/4ClH.K.Ti.H/h4*1H;;;/q;;;;+1;;-1. The van der Waals surface area contributed by atoms with Gasteiger partial charge in [0.1, 0.15) is 0 Å². The topological polar surface area (TPSA) is 0 Å². The molecule has 0 aromatic rings. The van der Waals surface area contributed by atoms with Crippen molar-refractivity contribution in [2.24, 2.45) is 0 Å². The molecule has 0 spiro atoms. The van der Waals surface area contributed by atoms with Crippen LogP contribution in [0.1, 0.15) is 1.43 Å². The van der Waals surface area contributed by atoms with E-state index in [1.54, 1.807) is 0 Å². The van der Waals surface area contributed by atoms with Crippen LogP contribution in [0.25, 0.3) is 0 Å². The average molecular weight is 234 g/mol. The van der Waals surface area contributed by atoms with Gasteiger partial charge in [0.2, 0.25) is 0 Å². The van der Waals surface area contributed by atoms with E-state index in [-0.39, 0.29) is 124 Å². The van der Waals surface area contributed by atoms with Crippen LogP contribution < -0.4 is 51.4 Å². The maximum atomic E-state index is 0. The molecule has 0 bridgehead atoms. The van der Waals surface area contributed by atoms with Crippen LogP contribution in [0.15, 0.2) is 0 Å². The van der Waals surface area contributed by atoms with E-state index in [2.05, 4.69) is 0 Å². The van der Waals surface area contributed by atoms with Crippen molar-refractivity contribution in [2.75, 3.05) is 0 Å². The molecule has 0 fully saturated rings. The minimum absolute atomic E-state index is 0. The summed E-state index contributed by atoms with van der Waals surface area (Å²) in [5, 5.41) is 0. The quantitative estimate of drug-likeness (QED) is 0.462. The molecule has 0 saturated heterocycles. The number of halogens is 4. The van der Waals surface area contributed by atoms with E-state index < -0.39 is 0 Å². The Kier molecular flexibility index (Phi) is 363. The summed E-state index contributed by atoms with van der Waals surface area (Å²) in [7, 11) is 0. The molecule has 0 aromatic heterocycles. The van der Waals surface area contributed by atoms with E-state index >= 15 is 0 Å². The summed E-state index contributed by atoms with van der Waals surface area (Å²) < 4.78 is 0. The molecule has 0 aliphatic heterocycles. The Morgan fingerprint density at radius 1 is 0.667 bits per heavy atom. The predicted molar refractivity (Wildman–Crippen MR) is 30.1 cm³/mol. The van der Waals surface area contributed by atoms with Gasteiger partial charge in [-0.25, -0.2) is 0 Å². The van der Waals surface area contributed by atoms with Gasteiger partial charge in [0.25, 0.3) is 0 Å². The first-order valence-corrected chi connectivity index (χ1v) is 0. The Balaban J connectivity index is 0. The van der Waals surface area contributed by atoms with Gasteiger partial charge in [0.15, 0.2) is 0 Å². The fourth-order valence-electron chi connectivity index (χ4n) is 0. The van der Waals surface area contributed by atoms with E-state index in [1.807, 2.05) is 0 Å². The SMILES string of the molecule is Cl.Cl.Cl.Cl.[H-].[K+].[Ti]. The first-order valence-electron chi connectivity index (χ1n) is 0. The monoisotopic (exact) mass is 232 g/mol. The van der Waals surface area contributed by atoms with Gasteiger partial charge >= 0.3 is 51.4 Å². The van der Waals surface area contributed by atoms with Crippen LogP contribution in [-0.4, -0.2) is 0 Å². The van der Waals surface area contributed by atoms with Crippen molar-refractivity contribution in [3.05, 3.63) is 0 Å². The normalized spacial score (nSPS) is 0. The van der Waals surface area contributed by atoms with Crippen LogP contribution in [0.4, 0.5) is 0 Å². The fraction of sp³-hybridized carbons (Fsp3) is 0. The minimum atomic E-state index is 0. The summed E-state index contributed by atoms with van der Waals surface area (Å²) in [4.78, 5) is 0. The van der Waals surface area contributed by atoms with Crippen molar-refractivity contribution < 1.29 is 74.5 Å². The second-order valence-electron chi connectivity index (χ2n) is 0. The van der Waals surface area contributed by atoms with E-state index in [1.165, 1.54) is 0 Å². The predicted octanol–water partition coefficient (Wildman–Crippen LogP) is -1.20. The fourth-order valence-corrected chi connectivity index (χ4v) is 0. The van der Waals surface area contributed by atoms with Crippen LogP contribution in [0.3, 0.4) is 0 Å². The Morgan fingerprint density at radius 3 is 0.667 bits per heavy atom. The van der Waals surface area contributed by atoms with Crippen LogP contribution in [0.5, 0.6) is 0 Å². The average Bonchev–Trinajstić information content (AvgIpc) is 0. The smallest absolute Gasteiger partial charge is 1.00 e. The zero-order chi connectivity index (χ0) is 0. The molecule has 0 heterocycles. The third-order valence-corrected chi connectivity index (χ3v) is 0. The molecule has 0 radical (unpaired) electrons. The summed E-state index contributed by atoms with van der Waals surface area (Å²) >= 11 is 0. The van der Waals surface area contributed by atoms with Gasteiger partial charge in [-0.2, -0.15) is 0 Å². The van der Waals surface area contributed by atoms with Gasteiger partial charge < -0.3 is 1.43 Å². The Labute approximate surface area is 121 Å². The third-order valence-electron chi connectivity index (χ3n) is 0. The molecular weight excluding hydrogens is 229 g/mol. The first kappa shape index (κ1) is 55.9. The number of hydrogen-bond acceptors (Lipinski definition) is 0. The molecule has 38 valence electrons. The number of rotatable bonds is 0. The maximum Gasteiger partial charge on any atom is 1.00 e. The van der Waals surface area contributed by atoms with Crippen molar-refractivity contribution in [3.63, 3.8) is 0 Å². The minimum Gasteiger partial charge on any atom is -1.00 e. The van der Waals surface area contributed by atoms with Gasteiger partial charge in [0, 0.05) is 21.7 Å². The second kappa shape index (κ2) is 39.0. The van der Waals surface area contributed by atoms with E-state index in [0.29, 0.717) is 0 Å². The molecule has 0 aromatic carbocycles. The molecular formula is H5Cl4KTi. The van der Waals surface area contributed by atoms with Gasteiger partial charge in [-0.15, -0.1) is 49.6 Å². The largest absolute Gasteiger partial charge is 1.00 e. The molecule has 0 amide bonds. The van der Waals surface area contributed by atoms with Crippen molar-refractivity contribution in [1.29, 1.82) is 0 Å². The summed E-state index contributed by atoms with van der Waals surface area (Å²) in [6.07, 6.45) is 0. The molecule has 0 atom stereocenters. The van der Waals surface area contributed by atoms with E-state index in [9.17, 15) is 0 Å². The van der Waals surface area contributed by atoms with Gasteiger partial charge in [-0.05, 0) is 0 Å². The molecule has 0 rings (SSSR count). The van der Waals surface area contributed by atoms with Crippen molar-refractivity contribution in [1.82, 2.24) is 0 Å². The van der Waals surface area contributed by atoms with Crippen molar-refractivity contribution in [2.45, 2.75) is 0 Å². The van der Waals surface area contributed by atoms with Crippen LogP contribution in [-0.2, 0) is 21.7 Å². The first-order chi connectivity index (χ1) is 0. The molecule has 6 heteroatoms. The molecule has 0 saturated carbocycles. The van der Waals surface area contributed by atoms with Gasteiger partial charge in [0.05, 0.1) is 0 Å². The molecule has 6 heavy (non-hydrogen) atoms. The van der Waals surface area contributed by atoms with Crippen molar-refractivity contribution in [3.8, 4) is 0 Å². The van der Waals surface area contributed by atoms with Crippen LogP contribution >= 0.6 is 49.6 Å². The van der Waals surface area contributed by atoms with Crippen LogP contribution in [0, 0.1) is 0 Å². The van der Waals surface area contributed by atoms with Crippen LogP contribution in [0.2, 0.25) is 0 Å². The molecule has 0 aliphatic rings. The molecule has 0 N–H and O–H groups in total. The van der Waals surface area contributed by atoms with Gasteiger partial charge in [-0.3, -0.25) is 0 Å². The van der Waals surface area contributed by atoms with Gasteiger partial charge in [-0.1, -0.05) is 0 Å². The van der Waals surface area contributed by atoms with E-state index in [4.69, 9.17) is 0 Å². The Bertz CT molecular complexity index is 11.7. The molecule has 0 nitrogen and oxygen atoms in total. The summed E-state index contributed by atoms with van der Waals surface area (Å²) in [6.45, 7) is 0. The summed E-state index contributed by atoms with van der Waals surface area (Å²) in [6, 6.07) is 0. The maximum absolute atomic E-state index is 0. The zero-order valence-corrected chi connectivity index (χ0v) is 11.1.